The number of amides is 2. The maximum atomic E-state index is 14.8. The summed E-state index contributed by atoms with van der Waals surface area (Å²) in [5.74, 6) is -1.81. The zero-order valence-electron chi connectivity index (χ0n) is 23.1. The summed E-state index contributed by atoms with van der Waals surface area (Å²) in [5, 5.41) is 12.5. The van der Waals surface area contributed by atoms with E-state index >= 15 is 0 Å². The van der Waals surface area contributed by atoms with Crippen molar-refractivity contribution in [2.45, 2.75) is 45.8 Å². The van der Waals surface area contributed by atoms with Crippen LogP contribution in [0.25, 0.3) is 11.3 Å². The Hall–Kier alpha value is -3.67. The molecule has 6 N–H and O–H groups in total. The lowest BCUT2D eigenvalue weighted by Gasteiger charge is -2.40. The molecule has 11 heteroatoms. The van der Waals surface area contributed by atoms with E-state index in [1.807, 2.05) is 51.1 Å². The van der Waals surface area contributed by atoms with Crippen molar-refractivity contribution in [1.29, 1.82) is 0 Å². The third-order valence-electron chi connectivity index (χ3n) is 6.50. The molecule has 0 saturated carbocycles. The number of nitrogens with one attached hydrogen (secondary N) is 1. The fraction of sp³-hybridized carbons (Fsp3) is 0.414. The molecule has 3 aromatic rings. The minimum Gasteiger partial charge on any atom is -0.387 e. The van der Waals surface area contributed by atoms with Crippen molar-refractivity contribution in [3.63, 3.8) is 0 Å². The number of nitrogens with two attached hydrogens (primary N) is 2. The Morgan fingerprint density at radius 2 is 1.85 bits per heavy atom. The average molecular weight is 557 g/mol. The van der Waals surface area contributed by atoms with Gasteiger partial charge in [0.05, 0.1) is 17.8 Å². The zero-order valence-corrected chi connectivity index (χ0v) is 23.1. The third-order valence-corrected chi connectivity index (χ3v) is 6.50. The van der Waals surface area contributed by atoms with Gasteiger partial charge in [-0.05, 0) is 35.6 Å². The molecule has 0 aliphatic carbocycles. The van der Waals surface area contributed by atoms with Crippen LogP contribution in [0.3, 0.4) is 0 Å². The Bertz CT molecular complexity index is 1290. The van der Waals surface area contributed by atoms with Crippen LogP contribution in [0.1, 0.15) is 44.6 Å². The van der Waals surface area contributed by atoms with Gasteiger partial charge in [-0.3, -0.25) is 9.59 Å². The molecule has 2 aromatic carbocycles. The summed E-state index contributed by atoms with van der Waals surface area (Å²) in [6, 6.07) is 11.0. The first-order valence-electron chi connectivity index (χ1n) is 13.2. The van der Waals surface area contributed by atoms with E-state index in [1.54, 1.807) is 10.8 Å². The first-order chi connectivity index (χ1) is 19.0. The van der Waals surface area contributed by atoms with Crippen LogP contribution in [0.4, 0.5) is 8.78 Å². The van der Waals surface area contributed by atoms with Crippen molar-refractivity contribution in [3.8, 4) is 11.3 Å². The Labute approximate surface area is 233 Å². The lowest BCUT2D eigenvalue weighted by atomic mass is 9.84. The standard InChI is InChI=1S/C29H38F2N6O3/c1-29(2,3)26(37(25(39)18-38)14-11-23(33)28(40)34-13-12-32)27-35-24(21-15-20(30)9-10-22(21)31)17-36(27)16-19-7-5-4-6-8-19/h4-10,15,17,23,26,38H,11-14,16,18,32-33H2,1-3H3,(H,34,40). The van der Waals surface area contributed by atoms with Crippen LogP contribution in [-0.2, 0) is 16.1 Å². The summed E-state index contributed by atoms with van der Waals surface area (Å²) < 4.78 is 30.7. The van der Waals surface area contributed by atoms with E-state index in [9.17, 15) is 23.5 Å². The predicted octanol–water partition coefficient (Wildman–Crippen LogP) is 2.58. The van der Waals surface area contributed by atoms with Crippen LogP contribution in [0.2, 0.25) is 0 Å². The number of imidazole rings is 1. The van der Waals surface area contributed by atoms with Gasteiger partial charge in [0.15, 0.2) is 0 Å². The zero-order chi connectivity index (χ0) is 29.4. The van der Waals surface area contributed by atoms with Gasteiger partial charge in [0, 0.05) is 37.9 Å². The fourth-order valence-electron chi connectivity index (χ4n) is 4.60. The molecule has 2 atom stereocenters. The van der Waals surface area contributed by atoms with Gasteiger partial charge >= 0.3 is 0 Å². The highest BCUT2D eigenvalue weighted by Gasteiger charge is 2.38. The summed E-state index contributed by atoms with van der Waals surface area (Å²) in [5.41, 5.74) is 12.0. The highest BCUT2D eigenvalue weighted by molar-refractivity contribution is 5.81. The van der Waals surface area contributed by atoms with Crippen LogP contribution in [0.15, 0.2) is 54.7 Å². The average Bonchev–Trinajstić information content (AvgIpc) is 3.32. The predicted molar refractivity (Wildman–Crippen MR) is 149 cm³/mol. The van der Waals surface area contributed by atoms with Crippen LogP contribution in [0.5, 0.6) is 0 Å². The molecule has 0 aliphatic heterocycles. The smallest absolute Gasteiger partial charge is 0.248 e. The van der Waals surface area contributed by atoms with Gasteiger partial charge in [-0.2, -0.15) is 0 Å². The van der Waals surface area contributed by atoms with Crippen molar-refractivity contribution in [3.05, 3.63) is 77.8 Å². The molecule has 0 bridgehead atoms. The topological polar surface area (TPSA) is 140 Å². The van der Waals surface area contributed by atoms with Crippen LogP contribution < -0.4 is 16.8 Å². The SMILES string of the molecule is CC(C)(C)C(c1nc(-c2cc(F)ccc2F)cn1Cc1ccccc1)N(CCC(N)C(=O)NCCN)C(=O)CO. The van der Waals surface area contributed by atoms with Gasteiger partial charge in [0.2, 0.25) is 11.8 Å². The second kappa shape index (κ2) is 13.6. The van der Waals surface area contributed by atoms with Crippen molar-refractivity contribution < 1.29 is 23.5 Å². The molecule has 40 heavy (non-hydrogen) atoms. The van der Waals surface area contributed by atoms with Crippen LogP contribution in [0, 0.1) is 17.0 Å². The maximum absolute atomic E-state index is 14.8. The van der Waals surface area contributed by atoms with Gasteiger partial charge in [-0.15, -0.1) is 0 Å². The molecule has 2 amide bonds. The molecule has 2 unspecified atom stereocenters. The number of carbonyl (C=O) groups is 2. The van der Waals surface area contributed by atoms with E-state index in [0.717, 1.165) is 23.8 Å². The minimum absolute atomic E-state index is 0.0145. The largest absolute Gasteiger partial charge is 0.387 e. The molecule has 9 nitrogen and oxygen atoms in total. The molecule has 1 heterocycles. The van der Waals surface area contributed by atoms with E-state index in [4.69, 9.17) is 16.5 Å². The minimum atomic E-state index is -0.915. The fourth-order valence-corrected chi connectivity index (χ4v) is 4.60. The number of hydrogen-bond acceptors (Lipinski definition) is 6. The van der Waals surface area contributed by atoms with Crippen molar-refractivity contribution in [1.82, 2.24) is 19.8 Å². The second-order valence-electron chi connectivity index (χ2n) is 10.7. The van der Waals surface area contributed by atoms with Gasteiger partial charge in [0.1, 0.15) is 24.1 Å². The Kier molecular flexibility index (Phi) is 10.5. The lowest BCUT2D eigenvalue weighted by Crippen LogP contribution is -2.48. The first-order valence-corrected chi connectivity index (χ1v) is 13.2. The molecule has 1 aromatic heterocycles. The van der Waals surface area contributed by atoms with Crippen LogP contribution >= 0.6 is 0 Å². The molecule has 0 aliphatic rings. The summed E-state index contributed by atoms with van der Waals surface area (Å²) >= 11 is 0. The highest BCUT2D eigenvalue weighted by atomic mass is 19.1. The van der Waals surface area contributed by atoms with E-state index in [0.29, 0.717) is 12.4 Å². The van der Waals surface area contributed by atoms with Crippen molar-refractivity contribution in [2.24, 2.45) is 16.9 Å². The number of halogens is 2. The lowest BCUT2D eigenvalue weighted by molar-refractivity contribution is -0.140. The molecule has 216 valence electrons. The quantitative estimate of drug-likeness (QED) is 0.270. The number of nitrogens with zero attached hydrogens (tertiary/aromatic N) is 3. The third kappa shape index (κ3) is 7.71. The molecular weight excluding hydrogens is 518 g/mol. The summed E-state index contributed by atoms with van der Waals surface area (Å²) in [6.07, 6.45) is 1.74. The van der Waals surface area contributed by atoms with E-state index < -0.39 is 47.6 Å². The molecule has 3 rings (SSSR count). The monoisotopic (exact) mass is 556 g/mol. The Morgan fingerprint density at radius 3 is 2.48 bits per heavy atom. The van der Waals surface area contributed by atoms with Gasteiger partial charge in [-0.1, -0.05) is 51.1 Å². The number of aliphatic hydroxyl groups excluding tert-OH is 1. The van der Waals surface area contributed by atoms with Gasteiger partial charge < -0.3 is 31.4 Å². The summed E-state index contributed by atoms with van der Waals surface area (Å²) in [4.78, 5) is 31.7. The summed E-state index contributed by atoms with van der Waals surface area (Å²) in [7, 11) is 0. The maximum Gasteiger partial charge on any atom is 0.248 e. The van der Waals surface area contributed by atoms with Crippen molar-refractivity contribution >= 4 is 11.8 Å². The summed E-state index contributed by atoms with van der Waals surface area (Å²) in [6.45, 7) is 5.87. The van der Waals surface area contributed by atoms with Crippen LogP contribution in [-0.4, -0.2) is 63.7 Å². The number of carbonyl (C=O) groups excluding carboxylic acids is 2. The first kappa shape index (κ1) is 30.9. The second-order valence-corrected chi connectivity index (χ2v) is 10.7. The molecular formula is C29H38F2N6O3. The normalized spacial score (nSPS) is 13.1. The molecule has 0 fully saturated rings. The molecule has 0 spiro atoms. The number of rotatable bonds is 12. The number of aliphatic hydroxyl groups is 1. The number of benzene rings is 2. The van der Waals surface area contributed by atoms with E-state index in [2.05, 4.69) is 5.32 Å². The number of hydrogen-bond donors (Lipinski definition) is 4. The van der Waals surface area contributed by atoms with Gasteiger partial charge in [-0.25, -0.2) is 13.8 Å². The Morgan fingerprint density at radius 1 is 1.15 bits per heavy atom. The van der Waals surface area contributed by atoms with E-state index in [-0.39, 0.29) is 37.3 Å². The van der Waals surface area contributed by atoms with Crippen molar-refractivity contribution in [2.75, 3.05) is 26.2 Å². The highest BCUT2D eigenvalue weighted by Crippen LogP contribution is 2.39. The van der Waals surface area contributed by atoms with E-state index in [1.165, 1.54) is 4.90 Å². The Balaban J connectivity index is 2.10. The molecule has 0 radical (unpaired) electrons. The molecule has 0 saturated heterocycles. The number of aromatic nitrogens is 2. The van der Waals surface area contributed by atoms with Gasteiger partial charge in [0.25, 0.3) is 0 Å².